The number of likely N-dealkylation sites (tertiary alicyclic amines) is 1. The van der Waals surface area contributed by atoms with E-state index in [4.69, 9.17) is 4.74 Å². The fourth-order valence-corrected chi connectivity index (χ4v) is 2.21. The van der Waals surface area contributed by atoms with E-state index in [0.717, 1.165) is 19.4 Å². The van der Waals surface area contributed by atoms with Crippen LogP contribution in [0.15, 0.2) is 0 Å². The van der Waals surface area contributed by atoms with Crippen molar-refractivity contribution in [2.75, 3.05) is 19.7 Å². The maximum Gasteiger partial charge on any atom is 0.229 e. The smallest absolute Gasteiger partial charge is 0.229 e. The van der Waals surface area contributed by atoms with Gasteiger partial charge in [-0.3, -0.25) is 19.3 Å². The van der Waals surface area contributed by atoms with Gasteiger partial charge in [-0.2, -0.15) is 0 Å². The number of nitrogens with zero attached hydrogens (tertiary/aromatic N) is 1. The molecule has 0 saturated carbocycles. The standard InChI is InChI=1S/C12H18N2O4/c15-10(13-8-9-2-1-7-18-9)5-6-14-11(16)3-4-12(14)17/h9H,1-8H2,(H,13,15)/t9-/m0/s1. The molecule has 0 aromatic heterocycles. The number of carbonyl (C=O) groups is 3. The molecule has 0 spiro atoms. The molecule has 0 aromatic rings. The monoisotopic (exact) mass is 254 g/mol. The molecule has 2 fully saturated rings. The van der Waals surface area contributed by atoms with Crippen LogP contribution in [0.1, 0.15) is 32.1 Å². The van der Waals surface area contributed by atoms with Crippen LogP contribution in [-0.4, -0.2) is 48.4 Å². The zero-order valence-electron chi connectivity index (χ0n) is 10.3. The van der Waals surface area contributed by atoms with E-state index in [1.807, 2.05) is 0 Å². The van der Waals surface area contributed by atoms with Crippen LogP contribution in [0.4, 0.5) is 0 Å². The van der Waals surface area contributed by atoms with E-state index in [2.05, 4.69) is 5.32 Å². The summed E-state index contributed by atoms with van der Waals surface area (Å²) in [5.74, 6) is -0.489. The summed E-state index contributed by atoms with van der Waals surface area (Å²) >= 11 is 0. The molecule has 0 aliphatic carbocycles. The fraction of sp³-hybridized carbons (Fsp3) is 0.750. The Labute approximate surface area is 106 Å². The maximum absolute atomic E-state index is 11.6. The molecule has 2 saturated heterocycles. The number of nitrogens with one attached hydrogen (secondary N) is 1. The molecule has 0 unspecified atom stereocenters. The molecule has 2 aliphatic rings. The molecule has 2 heterocycles. The molecule has 0 bridgehead atoms. The minimum atomic E-state index is -0.174. The Hall–Kier alpha value is -1.43. The van der Waals surface area contributed by atoms with Crippen molar-refractivity contribution in [2.24, 2.45) is 0 Å². The third kappa shape index (κ3) is 3.29. The van der Waals surface area contributed by atoms with Crippen LogP contribution >= 0.6 is 0 Å². The van der Waals surface area contributed by atoms with Gasteiger partial charge in [-0.25, -0.2) is 0 Å². The quantitative estimate of drug-likeness (QED) is 0.691. The number of ether oxygens (including phenoxy) is 1. The Morgan fingerprint density at radius 1 is 1.33 bits per heavy atom. The van der Waals surface area contributed by atoms with Gasteiger partial charge >= 0.3 is 0 Å². The molecule has 0 radical (unpaired) electrons. The fourth-order valence-electron chi connectivity index (χ4n) is 2.21. The number of hydrogen-bond acceptors (Lipinski definition) is 4. The number of carbonyl (C=O) groups excluding carboxylic acids is 3. The van der Waals surface area contributed by atoms with Crippen molar-refractivity contribution in [3.05, 3.63) is 0 Å². The van der Waals surface area contributed by atoms with Gasteiger partial charge in [-0.15, -0.1) is 0 Å². The lowest BCUT2D eigenvalue weighted by Gasteiger charge is -2.14. The molecule has 0 aromatic carbocycles. The van der Waals surface area contributed by atoms with Gasteiger partial charge in [0, 0.05) is 39.0 Å². The van der Waals surface area contributed by atoms with Crippen molar-refractivity contribution in [3.63, 3.8) is 0 Å². The third-order valence-electron chi connectivity index (χ3n) is 3.27. The van der Waals surface area contributed by atoms with Crippen LogP contribution in [0.3, 0.4) is 0 Å². The summed E-state index contributed by atoms with van der Waals surface area (Å²) in [4.78, 5) is 35.4. The molecule has 2 rings (SSSR count). The third-order valence-corrected chi connectivity index (χ3v) is 3.27. The van der Waals surface area contributed by atoms with Crippen molar-refractivity contribution in [2.45, 2.75) is 38.2 Å². The first-order valence-electron chi connectivity index (χ1n) is 6.38. The van der Waals surface area contributed by atoms with Gasteiger partial charge in [0.15, 0.2) is 0 Å². The predicted octanol–water partition coefficient (Wildman–Crippen LogP) is -0.179. The highest BCUT2D eigenvalue weighted by molar-refractivity contribution is 6.02. The summed E-state index contributed by atoms with van der Waals surface area (Å²) in [6.07, 6.45) is 2.85. The van der Waals surface area contributed by atoms with Gasteiger partial charge in [0.2, 0.25) is 17.7 Å². The van der Waals surface area contributed by atoms with Crippen LogP contribution < -0.4 is 5.32 Å². The number of imide groups is 1. The second kappa shape index (κ2) is 5.95. The van der Waals surface area contributed by atoms with Gasteiger partial charge in [-0.05, 0) is 12.8 Å². The molecule has 1 atom stereocenters. The SMILES string of the molecule is O=C(CCN1C(=O)CCC1=O)NC[C@@H]1CCCO1. The second-order valence-electron chi connectivity index (χ2n) is 4.63. The highest BCUT2D eigenvalue weighted by Crippen LogP contribution is 2.12. The zero-order chi connectivity index (χ0) is 13.0. The molecule has 1 N–H and O–H groups in total. The summed E-state index contributed by atoms with van der Waals surface area (Å²) in [7, 11) is 0. The summed E-state index contributed by atoms with van der Waals surface area (Å²) in [6.45, 7) is 1.47. The van der Waals surface area contributed by atoms with Crippen LogP contribution in [0.25, 0.3) is 0 Å². The molecular weight excluding hydrogens is 236 g/mol. The average molecular weight is 254 g/mol. The lowest BCUT2D eigenvalue weighted by atomic mass is 10.2. The van der Waals surface area contributed by atoms with E-state index in [9.17, 15) is 14.4 Å². The van der Waals surface area contributed by atoms with E-state index in [0.29, 0.717) is 6.54 Å². The van der Waals surface area contributed by atoms with E-state index < -0.39 is 0 Å². The maximum atomic E-state index is 11.6. The average Bonchev–Trinajstić information content (AvgIpc) is 2.96. The summed E-state index contributed by atoms with van der Waals surface area (Å²) in [5, 5.41) is 2.77. The van der Waals surface area contributed by atoms with Gasteiger partial charge in [0.25, 0.3) is 0 Å². The minimum Gasteiger partial charge on any atom is -0.376 e. The predicted molar refractivity (Wildman–Crippen MR) is 62.6 cm³/mol. The van der Waals surface area contributed by atoms with Gasteiger partial charge < -0.3 is 10.1 Å². The molecule has 100 valence electrons. The van der Waals surface area contributed by atoms with Crippen LogP contribution in [0, 0.1) is 0 Å². The molecule has 2 aliphatic heterocycles. The van der Waals surface area contributed by atoms with E-state index >= 15 is 0 Å². The first-order chi connectivity index (χ1) is 8.66. The number of amides is 3. The summed E-state index contributed by atoms with van der Waals surface area (Å²) < 4.78 is 5.38. The molecule has 18 heavy (non-hydrogen) atoms. The Kier molecular flexibility index (Phi) is 4.30. The highest BCUT2D eigenvalue weighted by Gasteiger charge is 2.28. The number of hydrogen-bond donors (Lipinski definition) is 1. The summed E-state index contributed by atoms with van der Waals surface area (Å²) in [6, 6.07) is 0. The van der Waals surface area contributed by atoms with E-state index in [-0.39, 0.29) is 49.6 Å². The lowest BCUT2D eigenvalue weighted by molar-refractivity contribution is -0.138. The van der Waals surface area contributed by atoms with E-state index in [1.165, 1.54) is 4.90 Å². The first-order valence-corrected chi connectivity index (χ1v) is 6.38. The Morgan fingerprint density at radius 2 is 2.06 bits per heavy atom. The van der Waals surface area contributed by atoms with Crippen molar-refractivity contribution >= 4 is 17.7 Å². The van der Waals surface area contributed by atoms with Gasteiger partial charge in [0.1, 0.15) is 0 Å². The minimum absolute atomic E-state index is 0.115. The van der Waals surface area contributed by atoms with Crippen molar-refractivity contribution < 1.29 is 19.1 Å². The van der Waals surface area contributed by atoms with Crippen LogP contribution in [0.2, 0.25) is 0 Å². The lowest BCUT2D eigenvalue weighted by Crippen LogP contribution is -2.36. The second-order valence-corrected chi connectivity index (χ2v) is 4.63. The van der Waals surface area contributed by atoms with E-state index in [1.54, 1.807) is 0 Å². The Bertz CT molecular complexity index is 334. The van der Waals surface area contributed by atoms with Crippen LogP contribution in [-0.2, 0) is 19.1 Å². The molecule has 3 amide bonds. The normalized spacial score (nSPS) is 23.8. The zero-order valence-corrected chi connectivity index (χ0v) is 10.3. The Morgan fingerprint density at radius 3 is 2.67 bits per heavy atom. The van der Waals surface area contributed by atoms with Gasteiger partial charge in [-0.1, -0.05) is 0 Å². The largest absolute Gasteiger partial charge is 0.376 e. The van der Waals surface area contributed by atoms with Crippen molar-refractivity contribution in [1.82, 2.24) is 10.2 Å². The van der Waals surface area contributed by atoms with Gasteiger partial charge in [0.05, 0.1) is 6.10 Å². The Balaban J connectivity index is 1.65. The summed E-state index contributed by atoms with van der Waals surface area (Å²) in [5.41, 5.74) is 0. The molecular formula is C12H18N2O4. The molecule has 6 nitrogen and oxygen atoms in total. The first kappa shape index (κ1) is 13.0. The van der Waals surface area contributed by atoms with Crippen molar-refractivity contribution in [3.8, 4) is 0 Å². The number of rotatable bonds is 5. The molecule has 6 heteroatoms. The highest BCUT2D eigenvalue weighted by atomic mass is 16.5. The van der Waals surface area contributed by atoms with Crippen LogP contribution in [0.5, 0.6) is 0 Å². The van der Waals surface area contributed by atoms with Crippen molar-refractivity contribution in [1.29, 1.82) is 0 Å². The topological polar surface area (TPSA) is 75.7 Å².